The van der Waals surface area contributed by atoms with Crippen molar-refractivity contribution in [1.82, 2.24) is 4.57 Å². The molecule has 92 valence electrons. The number of aromatic nitrogens is 2. The Balaban J connectivity index is 3.20. The minimum absolute atomic E-state index is 0.599. The third-order valence-corrected chi connectivity index (χ3v) is 5.11. The fraction of sp³-hybridized carbons (Fsp3) is 0.700. The second kappa shape index (κ2) is 4.66. The van der Waals surface area contributed by atoms with Crippen molar-refractivity contribution in [2.75, 3.05) is 21.3 Å². The van der Waals surface area contributed by atoms with Crippen LogP contribution in [0.5, 0.6) is 0 Å². The Hall–Kier alpha value is -0.693. The van der Waals surface area contributed by atoms with Crippen LogP contribution >= 0.6 is 0 Å². The molecule has 1 atom stereocenters. The molecule has 1 rings (SSSR count). The van der Waals surface area contributed by atoms with E-state index in [0.29, 0.717) is 0 Å². The number of imidazole rings is 1. The number of rotatable bonds is 5. The molecule has 0 aliphatic carbocycles. The van der Waals surface area contributed by atoms with Crippen LogP contribution < -0.4 is 4.57 Å². The van der Waals surface area contributed by atoms with Crippen molar-refractivity contribution in [2.45, 2.75) is 18.1 Å². The minimum atomic E-state index is -0.806. The van der Waals surface area contributed by atoms with Gasteiger partial charge in [0, 0.05) is 21.3 Å². The summed E-state index contributed by atoms with van der Waals surface area (Å²) in [5, 5.41) is -0.599. The molecular formula is C10H21N2O3Si+. The third kappa shape index (κ3) is 1.93. The van der Waals surface area contributed by atoms with E-state index in [1.807, 2.05) is 41.8 Å². The molecule has 1 aromatic heterocycles. The van der Waals surface area contributed by atoms with Crippen molar-refractivity contribution in [3.8, 4) is 0 Å². The smallest absolute Gasteiger partial charge is 0.245 e. The highest BCUT2D eigenvalue weighted by Crippen LogP contribution is 2.31. The van der Waals surface area contributed by atoms with Crippen LogP contribution in [-0.4, -0.2) is 41.9 Å². The van der Waals surface area contributed by atoms with Crippen LogP contribution in [0.1, 0.15) is 6.92 Å². The summed E-state index contributed by atoms with van der Waals surface area (Å²) in [6, 6.07) is 0. The molecule has 1 aromatic rings. The highest BCUT2D eigenvalue weighted by Gasteiger charge is 2.51. The molecule has 0 spiro atoms. The van der Waals surface area contributed by atoms with Gasteiger partial charge in [-0.05, 0) is 6.92 Å². The number of methoxy groups -OCH3 is 3. The van der Waals surface area contributed by atoms with Gasteiger partial charge in [-0.2, -0.15) is 0 Å². The predicted molar refractivity (Wildman–Crippen MR) is 63.0 cm³/mol. The number of hydrogen-bond donors (Lipinski definition) is 0. The van der Waals surface area contributed by atoms with E-state index in [4.69, 9.17) is 14.2 Å². The van der Waals surface area contributed by atoms with Gasteiger partial charge >= 0.3 is 0 Å². The van der Waals surface area contributed by atoms with Gasteiger partial charge in [-0.15, -0.1) is 0 Å². The SMILES string of the molecule is COC(C)(OC)C([SiH3])(OC)n1cc[n+](C)c1. The topological polar surface area (TPSA) is 36.5 Å². The highest BCUT2D eigenvalue weighted by atomic mass is 28.1. The number of aryl methyl sites for hydroxylation is 1. The Morgan fingerprint density at radius 1 is 1.19 bits per heavy atom. The first-order valence-corrected chi connectivity index (χ1v) is 6.12. The molecular weight excluding hydrogens is 224 g/mol. The zero-order chi connectivity index (χ0) is 12.4. The maximum absolute atomic E-state index is 5.65. The van der Waals surface area contributed by atoms with Crippen LogP contribution in [0.15, 0.2) is 18.7 Å². The maximum Gasteiger partial charge on any atom is 0.245 e. The van der Waals surface area contributed by atoms with Crippen molar-refractivity contribution in [2.24, 2.45) is 7.05 Å². The fourth-order valence-electron chi connectivity index (χ4n) is 1.69. The number of nitrogens with zero attached hydrogens (tertiary/aromatic N) is 2. The average Bonchev–Trinajstić information content (AvgIpc) is 2.73. The first kappa shape index (κ1) is 13.4. The Morgan fingerprint density at radius 3 is 2.06 bits per heavy atom. The largest absolute Gasteiger partial charge is 0.348 e. The monoisotopic (exact) mass is 245 g/mol. The Kier molecular flexibility index (Phi) is 3.90. The van der Waals surface area contributed by atoms with Gasteiger partial charge in [0.25, 0.3) is 0 Å². The Bertz CT molecular complexity index is 352. The van der Waals surface area contributed by atoms with Gasteiger partial charge in [0.1, 0.15) is 22.6 Å². The summed E-state index contributed by atoms with van der Waals surface area (Å²) in [6.45, 7) is 1.88. The lowest BCUT2D eigenvalue weighted by atomic mass is 10.2. The quantitative estimate of drug-likeness (QED) is 0.377. The number of ether oxygens (including phenoxy) is 3. The van der Waals surface area contributed by atoms with E-state index in [-0.39, 0.29) is 0 Å². The van der Waals surface area contributed by atoms with Crippen molar-refractivity contribution in [1.29, 1.82) is 0 Å². The fourth-order valence-corrected chi connectivity index (χ4v) is 2.36. The van der Waals surface area contributed by atoms with Crippen LogP contribution in [0.25, 0.3) is 0 Å². The van der Waals surface area contributed by atoms with Gasteiger partial charge in [-0.3, -0.25) is 0 Å². The van der Waals surface area contributed by atoms with Gasteiger partial charge < -0.3 is 14.2 Å². The van der Waals surface area contributed by atoms with Crippen molar-refractivity contribution in [3.63, 3.8) is 0 Å². The zero-order valence-electron chi connectivity index (χ0n) is 10.9. The van der Waals surface area contributed by atoms with E-state index in [2.05, 4.69) is 0 Å². The highest BCUT2D eigenvalue weighted by molar-refractivity contribution is 6.13. The lowest BCUT2D eigenvalue weighted by molar-refractivity contribution is -0.671. The lowest BCUT2D eigenvalue weighted by Gasteiger charge is -2.40. The van der Waals surface area contributed by atoms with E-state index < -0.39 is 11.1 Å². The molecule has 0 saturated heterocycles. The molecule has 0 N–H and O–H groups in total. The summed E-state index contributed by atoms with van der Waals surface area (Å²) in [7, 11) is 7.61. The van der Waals surface area contributed by atoms with E-state index in [1.165, 1.54) is 0 Å². The summed E-state index contributed by atoms with van der Waals surface area (Å²) in [4.78, 5) is 0. The van der Waals surface area contributed by atoms with Gasteiger partial charge in [0.2, 0.25) is 17.5 Å². The molecule has 0 aromatic carbocycles. The van der Waals surface area contributed by atoms with E-state index in [0.717, 1.165) is 10.2 Å². The predicted octanol–water partition coefficient (Wildman–Crippen LogP) is -1.06. The molecule has 0 amide bonds. The third-order valence-electron chi connectivity index (χ3n) is 3.28. The molecule has 5 nitrogen and oxygen atoms in total. The minimum Gasteiger partial charge on any atom is -0.348 e. The molecule has 0 radical (unpaired) electrons. The number of hydrogen-bond acceptors (Lipinski definition) is 3. The second-order valence-electron chi connectivity index (χ2n) is 4.03. The summed E-state index contributed by atoms with van der Waals surface area (Å²) >= 11 is 0. The van der Waals surface area contributed by atoms with Crippen LogP contribution in [0.2, 0.25) is 0 Å². The van der Waals surface area contributed by atoms with Gasteiger partial charge in [0.15, 0.2) is 0 Å². The summed E-state index contributed by atoms with van der Waals surface area (Å²) in [5.41, 5.74) is 0. The van der Waals surface area contributed by atoms with Gasteiger partial charge in [0.05, 0.1) is 7.05 Å². The van der Waals surface area contributed by atoms with Crippen molar-refractivity contribution >= 4 is 10.2 Å². The lowest BCUT2D eigenvalue weighted by Crippen LogP contribution is -2.58. The summed E-state index contributed by atoms with van der Waals surface area (Å²) in [6.07, 6.45) is 5.86. The Morgan fingerprint density at radius 2 is 1.75 bits per heavy atom. The summed E-state index contributed by atoms with van der Waals surface area (Å²) < 4.78 is 20.5. The maximum atomic E-state index is 5.65. The molecule has 0 bridgehead atoms. The zero-order valence-corrected chi connectivity index (χ0v) is 12.9. The van der Waals surface area contributed by atoms with E-state index in [1.54, 1.807) is 21.3 Å². The first-order valence-electron chi connectivity index (χ1n) is 5.12. The normalized spacial score (nSPS) is 16.3. The molecule has 0 aliphatic heterocycles. The molecule has 6 heteroatoms. The molecule has 0 saturated carbocycles. The molecule has 1 unspecified atom stereocenters. The van der Waals surface area contributed by atoms with Crippen LogP contribution in [0, 0.1) is 0 Å². The van der Waals surface area contributed by atoms with Crippen LogP contribution in [0.3, 0.4) is 0 Å². The molecule has 1 heterocycles. The molecule has 0 aliphatic rings. The van der Waals surface area contributed by atoms with E-state index in [9.17, 15) is 0 Å². The summed E-state index contributed by atoms with van der Waals surface area (Å²) in [5.74, 6) is -0.806. The van der Waals surface area contributed by atoms with Gasteiger partial charge in [-0.1, -0.05) is 0 Å². The molecule has 16 heavy (non-hydrogen) atoms. The average molecular weight is 245 g/mol. The standard InChI is InChI=1S/C10H21N2O3Si/c1-9(13-3,14-4)10(16,15-5)12-7-6-11(2)8-12/h6-8H,1-5,16H3/q+1. The first-order chi connectivity index (χ1) is 7.43. The van der Waals surface area contributed by atoms with E-state index >= 15 is 0 Å². The van der Waals surface area contributed by atoms with Crippen LogP contribution in [0.4, 0.5) is 0 Å². The van der Waals surface area contributed by atoms with Gasteiger partial charge in [-0.25, -0.2) is 9.13 Å². The van der Waals surface area contributed by atoms with Crippen molar-refractivity contribution < 1.29 is 18.8 Å². The van der Waals surface area contributed by atoms with Crippen molar-refractivity contribution in [3.05, 3.63) is 18.7 Å². The van der Waals surface area contributed by atoms with Crippen LogP contribution in [-0.2, 0) is 26.6 Å². The Labute approximate surface area is 99.3 Å². The molecule has 0 fully saturated rings. The second-order valence-corrected chi connectivity index (χ2v) is 5.38.